The van der Waals surface area contributed by atoms with Gasteiger partial charge in [0.1, 0.15) is 11.8 Å². The van der Waals surface area contributed by atoms with Gasteiger partial charge in [-0.2, -0.15) is 5.26 Å². The fourth-order valence-corrected chi connectivity index (χ4v) is 2.40. The van der Waals surface area contributed by atoms with Crippen molar-refractivity contribution in [1.29, 1.82) is 5.26 Å². The third-order valence-electron chi connectivity index (χ3n) is 3.38. The van der Waals surface area contributed by atoms with E-state index in [1.54, 1.807) is 6.07 Å². The molecule has 0 spiro atoms. The predicted octanol–water partition coefficient (Wildman–Crippen LogP) is 2.12. The third-order valence-corrected chi connectivity index (χ3v) is 3.38. The number of likely N-dealkylation sites (tertiary alicyclic amines) is 1. The lowest BCUT2D eigenvalue weighted by Crippen LogP contribution is -2.41. The minimum Gasteiger partial charge on any atom is -0.449 e. The van der Waals surface area contributed by atoms with E-state index in [0.717, 1.165) is 12.3 Å². The molecule has 1 saturated heterocycles. The molecule has 1 aromatic heterocycles. The number of nitrogens with zero attached hydrogens (tertiary/aromatic N) is 2. The van der Waals surface area contributed by atoms with Crippen molar-refractivity contribution < 1.29 is 4.42 Å². The molecular weight excluding hydrogens is 226 g/mol. The molecule has 0 bridgehead atoms. The largest absolute Gasteiger partial charge is 0.449 e. The molecule has 2 rings (SSSR count). The summed E-state index contributed by atoms with van der Waals surface area (Å²) in [5.74, 6) is 1.22. The van der Waals surface area contributed by atoms with Gasteiger partial charge in [0.2, 0.25) is 5.76 Å². The molecule has 1 atom stereocenters. The van der Waals surface area contributed by atoms with Crippen molar-refractivity contribution in [3.8, 4) is 6.07 Å². The Kier molecular flexibility index (Phi) is 4.80. The van der Waals surface area contributed by atoms with Crippen LogP contribution in [-0.2, 0) is 6.54 Å². The molecule has 0 saturated carbocycles. The van der Waals surface area contributed by atoms with E-state index in [2.05, 4.69) is 17.1 Å². The molecular formula is C14H21N3O. The predicted molar refractivity (Wildman–Crippen MR) is 70.0 cm³/mol. The smallest absolute Gasteiger partial charge is 0.203 e. The Bertz CT molecular complexity index is 401. The van der Waals surface area contributed by atoms with Crippen LogP contribution in [0.5, 0.6) is 0 Å². The Balaban J connectivity index is 1.70. The molecule has 0 radical (unpaired) electrons. The summed E-state index contributed by atoms with van der Waals surface area (Å²) in [5.41, 5.74) is 0. The molecule has 4 nitrogen and oxygen atoms in total. The van der Waals surface area contributed by atoms with Gasteiger partial charge in [0, 0.05) is 12.6 Å². The molecule has 98 valence electrons. The second-order valence-corrected chi connectivity index (χ2v) is 5.02. The van der Waals surface area contributed by atoms with Crippen molar-refractivity contribution >= 4 is 0 Å². The van der Waals surface area contributed by atoms with Crippen molar-refractivity contribution in [3.05, 3.63) is 23.7 Å². The Labute approximate surface area is 109 Å². The van der Waals surface area contributed by atoms with Gasteiger partial charge in [-0.05, 0) is 45.0 Å². The first-order valence-corrected chi connectivity index (χ1v) is 6.72. The van der Waals surface area contributed by atoms with Crippen LogP contribution in [0.2, 0.25) is 0 Å². The van der Waals surface area contributed by atoms with Crippen LogP contribution in [0.4, 0.5) is 0 Å². The normalized spacial score (nSPS) is 18.4. The van der Waals surface area contributed by atoms with Gasteiger partial charge in [0.25, 0.3) is 0 Å². The Morgan fingerprint density at radius 3 is 2.83 bits per heavy atom. The van der Waals surface area contributed by atoms with Crippen molar-refractivity contribution in [3.63, 3.8) is 0 Å². The second-order valence-electron chi connectivity index (χ2n) is 5.02. The van der Waals surface area contributed by atoms with E-state index in [1.807, 2.05) is 12.1 Å². The van der Waals surface area contributed by atoms with E-state index in [0.29, 0.717) is 18.3 Å². The number of hydrogen-bond donors (Lipinski definition) is 1. The highest BCUT2D eigenvalue weighted by Crippen LogP contribution is 2.10. The number of rotatable bonds is 5. The monoisotopic (exact) mass is 247 g/mol. The van der Waals surface area contributed by atoms with Crippen molar-refractivity contribution in [2.75, 3.05) is 19.6 Å². The van der Waals surface area contributed by atoms with Gasteiger partial charge in [0.05, 0.1) is 6.54 Å². The van der Waals surface area contributed by atoms with Gasteiger partial charge in [-0.25, -0.2) is 0 Å². The summed E-state index contributed by atoms with van der Waals surface area (Å²) < 4.78 is 5.34. The highest BCUT2D eigenvalue weighted by atomic mass is 16.3. The van der Waals surface area contributed by atoms with Crippen LogP contribution in [0.3, 0.4) is 0 Å². The Hall–Kier alpha value is -1.31. The molecule has 2 heterocycles. The van der Waals surface area contributed by atoms with Crippen LogP contribution in [0.15, 0.2) is 16.5 Å². The van der Waals surface area contributed by atoms with Crippen molar-refractivity contribution in [2.45, 2.75) is 38.8 Å². The summed E-state index contributed by atoms with van der Waals surface area (Å²) >= 11 is 0. The van der Waals surface area contributed by atoms with Crippen LogP contribution >= 0.6 is 0 Å². The minimum absolute atomic E-state index is 0.385. The van der Waals surface area contributed by atoms with E-state index < -0.39 is 0 Å². The topological polar surface area (TPSA) is 52.2 Å². The maximum absolute atomic E-state index is 8.67. The summed E-state index contributed by atoms with van der Waals surface area (Å²) in [6.07, 6.45) is 4.04. The van der Waals surface area contributed by atoms with Gasteiger partial charge in [-0.3, -0.25) is 0 Å². The zero-order valence-corrected chi connectivity index (χ0v) is 11.0. The van der Waals surface area contributed by atoms with Crippen LogP contribution in [0.25, 0.3) is 0 Å². The van der Waals surface area contributed by atoms with Crippen molar-refractivity contribution in [2.24, 2.45) is 0 Å². The molecule has 0 aliphatic carbocycles. The lowest BCUT2D eigenvalue weighted by Gasteiger charge is -2.29. The lowest BCUT2D eigenvalue weighted by atomic mass is 10.1. The van der Waals surface area contributed by atoms with Gasteiger partial charge in [-0.15, -0.1) is 0 Å². The first-order chi connectivity index (χ1) is 8.78. The summed E-state index contributed by atoms with van der Waals surface area (Å²) in [6.45, 7) is 6.43. The zero-order chi connectivity index (χ0) is 12.8. The second kappa shape index (κ2) is 6.58. The highest BCUT2D eigenvalue weighted by molar-refractivity contribution is 5.18. The van der Waals surface area contributed by atoms with Gasteiger partial charge < -0.3 is 14.6 Å². The van der Waals surface area contributed by atoms with E-state index in [1.165, 1.54) is 32.4 Å². The van der Waals surface area contributed by atoms with E-state index in [9.17, 15) is 0 Å². The Morgan fingerprint density at radius 1 is 1.39 bits per heavy atom. The first kappa shape index (κ1) is 13.1. The molecule has 1 N–H and O–H groups in total. The Morgan fingerprint density at radius 2 is 2.17 bits per heavy atom. The summed E-state index contributed by atoms with van der Waals surface area (Å²) in [4.78, 5) is 2.52. The van der Waals surface area contributed by atoms with E-state index >= 15 is 0 Å². The van der Waals surface area contributed by atoms with Crippen LogP contribution in [0.1, 0.15) is 37.7 Å². The molecule has 4 heteroatoms. The fourth-order valence-electron chi connectivity index (χ4n) is 2.40. The molecule has 1 unspecified atom stereocenters. The van der Waals surface area contributed by atoms with Gasteiger partial charge >= 0.3 is 0 Å². The van der Waals surface area contributed by atoms with Crippen LogP contribution in [0, 0.1) is 11.3 Å². The number of hydrogen-bond acceptors (Lipinski definition) is 4. The molecule has 18 heavy (non-hydrogen) atoms. The van der Waals surface area contributed by atoms with Gasteiger partial charge in [0.15, 0.2) is 0 Å². The summed E-state index contributed by atoms with van der Waals surface area (Å²) in [7, 11) is 0. The third kappa shape index (κ3) is 3.86. The van der Waals surface area contributed by atoms with Crippen LogP contribution < -0.4 is 5.32 Å². The number of piperidine rings is 1. The average Bonchev–Trinajstić information content (AvgIpc) is 2.85. The average molecular weight is 247 g/mol. The van der Waals surface area contributed by atoms with E-state index in [4.69, 9.17) is 9.68 Å². The molecule has 0 aromatic carbocycles. The quantitative estimate of drug-likeness (QED) is 0.866. The summed E-state index contributed by atoms with van der Waals surface area (Å²) in [6, 6.07) is 6.02. The zero-order valence-electron chi connectivity index (χ0n) is 11.0. The first-order valence-electron chi connectivity index (χ1n) is 6.72. The minimum atomic E-state index is 0.385. The van der Waals surface area contributed by atoms with Crippen molar-refractivity contribution in [1.82, 2.24) is 10.2 Å². The maximum atomic E-state index is 8.67. The maximum Gasteiger partial charge on any atom is 0.203 e. The standard InChI is InChI=1S/C14H21N3O/c1-12(11-17-7-3-2-4-8-17)16-10-14-6-5-13(9-15)18-14/h5-6,12,16H,2-4,7-8,10-11H2,1H3. The molecule has 0 amide bonds. The molecule has 1 aliphatic rings. The van der Waals surface area contributed by atoms with E-state index in [-0.39, 0.29) is 0 Å². The number of furan rings is 1. The molecule has 1 aromatic rings. The summed E-state index contributed by atoms with van der Waals surface area (Å²) in [5, 5.41) is 12.1. The van der Waals surface area contributed by atoms with Gasteiger partial charge in [-0.1, -0.05) is 6.42 Å². The SMILES string of the molecule is CC(CN1CCCCC1)NCc1ccc(C#N)o1. The molecule has 1 fully saturated rings. The fraction of sp³-hybridized carbons (Fsp3) is 0.643. The molecule has 1 aliphatic heterocycles. The number of nitrogens with one attached hydrogen (secondary N) is 1. The number of nitriles is 1. The highest BCUT2D eigenvalue weighted by Gasteiger charge is 2.13. The van der Waals surface area contributed by atoms with Crippen LogP contribution in [-0.4, -0.2) is 30.6 Å². The lowest BCUT2D eigenvalue weighted by molar-refractivity contribution is 0.207.